The van der Waals surface area contributed by atoms with Crippen LogP contribution in [0.1, 0.15) is 34.1 Å². The van der Waals surface area contributed by atoms with E-state index in [9.17, 15) is 4.79 Å². The van der Waals surface area contributed by atoms with E-state index in [1.165, 1.54) is 0 Å². The Hall–Kier alpha value is -0.610. The SMILES string of the molecule is CC(CCN(C)C)NC(=O)COC(C)(C)C. The first-order chi connectivity index (χ1) is 7.20. The van der Waals surface area contributed by atoms with Crippen molar-refractivity contribution in [1.82, 2.24) is 10.2 Å². The van der Waals surface area contributed by atoms with Crippen LogP contribution in [-0.4, -0.2) is 49.7 Å². The topological polar surface area (TPSA) is 41.6 Å². The van der Waals surface area contributed by atoms with Crippen LogP contribution >= 0.6 is 0 Å². The summed E-state index contributed by atoms with van der Waals surface area (Å²) < 4.78 is 5.40. The van der Waals surface area contributed by atoms with Gasteiger partial charge < -0.3 is 15.0 Å². The summed E-state index contributed by atoms with van der Waals surface area (Å²) >= 11 is 0. The Morgan fingerprint density at radius 3 is 2.38 bits per heavy atom. The molecule has 0 aliphatic carbocycles. The van der Waals surface area contributed by atoms with Crippen molar-refractivity contribution in [3.8, 4) is 0 Å². The summed E-state index contributed by atoms with van der Waals surface area (Å²) in [6.45, 7) is 8.94. The number of rotatable bonds is 6. The molecule has 0 fully saturated rings. The van der Waals surface area contributed by atoms with E-state index in [1.807, 2.05) is 41.8 Å². The van der Waals surface area contributed by atoms with Gasteiger partial charge >= 0.3 is 0 Å². The number of ether oxygens (including phenoxy) is 1. The van der Waals surface area contributed by atoms with Crippen molar-refractivity contribution in [1.29, 1.82) is 0 Å². The Kier molecular flexibility index (Phi) is 6.60. The van der Waals surface area contributed by atoms with Gasteiger partial charge in [0.25, 0.3) is 0 Å². The highest BCUT2D eigenvalue weighted by Gasteiger charge is 2.14. The summed E-state index contributed by atoms with van der Waals surface area (Å²) in [5.41, 5.74) is -0.260. The van der Waals surface area contributed by atoms with Gasteiger partial charge in [-0.15, -0.1) is 0 Å². The van der Waals surface area contributed by atoms with Gasteiger partial charge in [0, 0.05) is 6.04 Å². The Morgan fingerprint density at radius 1 is 1.38 bits per heavy atom. The van der Waals surface area contributed by atoms with Gasteiger partial charge in [0.05, 0.1) is 5.60 Å². The fourth-order valence-electron chi connectivity index (χ4n) is 1.12. The molecule has 0 heterocycles. The Labute approximate surface area is 99.3 Å². The fraction of sp³-hybridized carbons (Fsp3) is 0.917. The molecule has 1 N–H and O–H groups in total. The predicted octanol–water partition coefficient (Wildman–Crippen LogP) is 1.26. The van der Waals surface area contributed by atoms with Crippen molar-refractivity contribution in [3.05, 3.63) is 0 Å². The zero-order valence-electron chi connectivity index (χ0n) is 11.5. The van der Waals surface area contributed by atoms with Crippen LogP contribution < -0.4 is 5.32 Å². The average molecular weight is 230 g/mol. The van der Waals surface area contributed by atoms with E-state index in [0.717, 1.165) is 13.0 Å². The molecule has 0 bridgehead atoms. The normalized spacial score (nSPS) is 13.9. The molecule has 1 amide bonds. The standard InChI is InChI=1S/C12H26N2O2/c1-10(7-8-14(5)6)13-11(15)9-16-12(2,3)4/h10H,7-9H2,1-6H3,(H,13,15). The molecule has 16 heavy (non-hydrogen) atoms. The minimum absolute atomic E-state index is 0.0406. The van der Waals surface area contributed by atoms with E-state index in [4.69, 9.17) is 4.74 Å². The van der Waals surface area contributed by atoms with Crippen molar-refractivity contribution < 1.29 is 9.53 Å². The zero-order chi connectivity index (χ0) is 12.8. The van der Waals surface area contributed by atoms with Crippen LogP contribution in [0.3, 0.4) is 0 Å². The smallest absolute Gasteiger partial charge is 0.246 e. The molecule has 4 heteroatoms. The monoisotopic (exact) mass is 230 g/mol. The highest BCUT2D eigenvalue weighted by molar-refractivity contribution is 5.77. The highest BCUT2D eigenvalue weighted by Crippen LogP contribution is 2.05. The molecule has 96 valence electrons. The summed E-state index contributed by atoms with van der Waals surface area (Å²) in [5, 5.41) is 2.92. The van der Waals surface area contributed by atoms with Gasteiger partial charge in [0.15, 0.2) is 0 Å². The van der Waals surface area contributed by atoms with Crippen molar-refractivity contribution in [2.24, 2.45) is 0 Å². The second-order valence-corrected chi connectivity index (χ2v) is 5.46. The molecular formula is C12H26N2O2. The van der Waals surface area contributed by atoms with Crippen LogP contribution in [0.2, 0.25) is 0 Å². The number of hydrogen-bond donors (Lipinski definition) is 1. The Morgan fingerprint density at radius 2 is 1.94 bits per heavy atom. The van der Waals surface area contributed by atoms with Gasteiger partial charge in [-0.25, -0.2) is 0 Å². The molecule has 1 atom stereocenters. The Balaban J connectivity index is 3.70. The molecule has 1 unspecified atom stereocenters. The minimum atomic E-state index is -0.260. The molecule has 0 aromatic carbocycles. The maximum absolute atomic E-state index is 11.5. The van der Waals surface area contributed by atoms with Gasteiger partial charge in [-0.1, -0.05) is 0 Å². The molecular weight excluding hydrogens is 204 g/mol. The summed E-state index contributed by atoms with van der Waals surface area (Å²) in [5.74, 6) is -0.0406. The largest absolute Gasteiger partial charge is 0.366 e. The lowest BCUT2D eigenvalue weighted by Crippen LogP contribution is -2.38. The van der Waals surface area contributed by atoms with Crippen LogP contribution in [0.5, 0.6) is 0 Å². The third-order valence-corrected chi connectivity index (χ3v) is 2.05. The minimum Gasteiger partial charge on any atom is -0.366 e. The van der Waals surface area contributed by atoms with Gasteiger partial charge in [-0.3, -0.25) is 4.79 Å². The maximum atomic E-state index is 11.5. The predicted molar refractivity (Wildman–Crippen MR) is 66.5 cm³/mol. The quantitative estimate of drug-likeness (QED) is 0.747. The first-order valence-electron chi connectivity index (χ1n) is 5.79. The number of carbonyl (C=O) groups excluding carboxylic acids is 1. The number of amides is 1. The van der Waals surface area contributed by atoms with E-state index in [0.29, 0.717) is 0 Å². The van der Waals surface area contributed by atoms with Gasteiger partial charge in [-0.2, -0.15) is 0 Å². The molecule has 0 rings (SSSR count). The number of hydrogen-bond acceptors (Lipinski definition) is 3. The zero-order valence-corrected chi connectivity index (χ0v) is 11.5. The van der Waals surface area contributed by atoms with Crippen LogP contribution in [0.15, 0.2) is 0 Å². The molecule has 0 aliphatic rings. The van der Waals surface area contributed by atoms with Crippen LogP contribution in [0.25, 0.3) is 0 Å². The van der Waals surface area contributed by atoms with E-state index in [2.05, 4.69) is 10.2 Å². The van der Waals surface area contributed by atoms with Gasteiger partial charge in [0.2, 0.25) is 5.91 Å². The first-order valence-corrected chi connectivity index (χ1v) is 5.79. The first kappa shape index (κ1) is 15.4. The van der Waals surface area contributed by atoms with Gasteiger partial charge in [-0.05, 0) is 54.8 Å². The van der Waals surface area contributed by atoms with Crippen molar-refractivity contribution >= 4 is 5.91 Å². The second kappa shape index (κ2) is 6.86. The highest BCUT2D eigenvalue weighted by atomic mass is 16.5. The lowest BCUT2D eigenvalue weighted by molar-refractivity contribution is -0.131. The molecule has 0 aromatic rings. The van der Waals surface area contributed by atoms with E-state index in [-0.39, 0.29) is 24.2 Å². The molecule has 0 radical (unpaired) electrons. The average Bonchev–Trinajstić information content (AvgIpc) is 2.10. The molecule has 4 nitrogen and oxygen atoms in total. The van der Waals surface area contributed by atoms with Crippen molar-refractivity contribution in [2.45, 2.75) is 45.8 Å². The summed E-state index contributed by atoms with van der Waals surface area (Å²) in [4.78, 5) is 13.6. The van der Waals surface area contributed by atoms with Crippen LogP contribution in [-0.2, 0) is 9.53 Å². The maximum Gasteiger partial charge on any atom is 0.246 e. The second-order valence-electron chi connectivity index (χ2n) is 5.46. The third kappa shape index (κ3) is 9.93. The number of nitrogens with zero attached hydrogens (tertiary/aromatic N) is 1. The summed E-state index contributed by atoms with van der Waals surface area (Å²) in [7, 11) is 4.05. The van der Waals surface area contributed by atoms with E-state index >= 15 is 0 Å². The van der Waals surface area contributed by atoms with E-state index in [1.54, 1.807) is 0 Å². The number of carbonyl (C=O) groups is 1. The Bertz CT molecular complexity index is 210. The molecule has 0 spiro atoms. The fourth-order valence-corrected chi connectivity index (χ4v) is 1.12. The molecule has 0 aromatic heterocycles. The third-order valence-electron chi connectivity index (χ3n) is 2.05. The lowest BCUT2D eigenvalue weighted by atomic mass is 10.2. The van der Waals surface area contributed by atoms with Crippen LogP contribution in [0, 0.1) is 0 Å². The van der Waals surface area contributed by atoms with Crippen molar-refractivity contribution in [3.63, 3.8) is 0 Å². The molecule has 0 saturated heterocycles. The van der Waals surface area contributed by atoms with Crippen LogP contribution in [0.4, 0.5) is 0 Å². The summed E-state index contributed by atoms with van der Waals surface area (Å²) in [6, 6.07) is 0.193. The lowest BCUT2D eigenvalue weighted by Gasteiger charge is -2.21. The molecule has 0 saturated carbocycles. The number of nitrogens with one attached hydrogen (secondary N) is 1. The van der Waals surface area contributed by atoms with Crippen molar-refractivity contribution in [2.75, 3.05) is 27.2 Å². The molecule has 0 aliphatic heterocycles. The van der Waals surface area contributed by atoms with E-state index < -0.39 is 0 Å². The van der Waals surface area contributed by atoms with Gasteiger partial charge in [0.1, 0.15) is 6.61 Å². The summed E-state index contributed by atoms with van der Waals surface area (Å²) in [6.07, 6.45) is 0.953.